The quantitative estimate of drug-likeness (QED) is 0.313. The highest BCUT2D eigenvalue weighted by molar-refractivity contribution is 5.73. The largest absolute Gasteiger partial charge is 0.469 e. The van der Waals surface area contributed by atoms with Gasteiger partial charge in [0.2, 0.25) is 0 Å². The third-order valence-corrected chi connectivity index (χ3v) is 4.68. The van der Waals surface area contributed by atoms with E-state index in [0.29, 0.717) is 6.42 Å². The van der Waals surface area contributed by atoms with Crippen LogP contribution in [0.25, 0.3) is 0 Å². The van der Waals surface area contributed by atoms with Gasteiger partial charge < -0.3 is 9.84 Å². The fourth-order valence-corrected chi connectivity index (χ4v) is 3.09. The molecule has 0 aliphatic carbocycles. The van der Waals surface area contributed by atoms with Gasteiger partial charge in [0.15, 0.2) is 0 Å². The zero-order valence-corrected chi connectivity index (χ0v) is 16.0. The molecule has 0 bridgehead atoms. The molecule has 0 saturated heterocycles. The minimum atomic E-state index is -0.995. The van der Waals surface area contributed by atoms with E-state index >= 15 is 0 Å². The molecule has 0 aromatic heterocycles. The molecule has 0 radical (unpaired) electrons. The van der Waals surface area contributed by atoms with E-state index in [1.807, 2.05) is 0 Å². The number of hydrogen-bond acceptors (Lipinski definition) is 3. The average Bonchev–Trinajstić information content (AvgIpc) is 2.50. The maximum atomic E-state index is 11.7. The van der Waals surface area contributed by atoms with Crippen LogP contribution in [0.15, 0.2) is 0 Å². The van der Waals surface area contributed by atoms with Crippen molar-refractivity contribution in [1.82, 2.24) is 0 Å². The van der Waals surface area contributed by atoms with Gasteiger partial charge >= 0.3 is 5.97 Å². The van der Waals surface area contributed by atoms with Crippen molar-refractivity contribution in [1.29, 1.82) is 0 Å². The van der Waals surface area contributed by atoms with Crippen molar-refractivity contribution in [3.63, 3.8) is 0 Å². The Hall–Kier alpha value is -0.570. The molecular weight excluding hydrogens is 288 g/mol. The number of rotatable bonds is 15. The lowest BCUT2D eigenvalue weighted by molar-refractivity contribution is -0.154. The second kappa shape index (κ2) is 13.8. The number of methoxy groups -OCH3 is 1. The summed E-state index contributed by atoms with van der Waals surface area (Å²) >= 11 is 0. The first-order valence-corrected chi connectivity index (χ1v) is 9.73. The number of esters is 1. The smallest absolute Gasteiger partial charge is 0.311 e. The van der Waals surface area contributed by atoms with Gasteiger partial charge in [0.05, 0.1) is 18.6 Å². The van der Waals surface area contributed by atoms with E-state index in [0.717, 1.165) is 12.8 Å². The van der Waals surface area contributed by atoms with Crippen molar-refractivity contribution in [2.45, 2.75) is 110 Å². The Morgan fingerprint density at radius 1 is 0.870 bits per heavy atom. The number of ether oxygens (including phenoxy) is 1. The highest BCUT2D eigenvalue weighted by Gasteiger charge is 2.33. The first-order valence-electron chi connectivity index (χ1n) is 9.73. The predicted molar refractivity (Wildman–Crippen MR) is 97.5 cm³/mol. The summed E-state index contributed by atoms with van der Waals surface area (Å²) in [5.41, 5.74) is -0.995. The van der Waals surface area contributed by atoms with Crippen LogP contribution in [0, 0.1) is 5.92 Å². The predicted octanol–water partition coefficient (Wildman–Crippen LogP) is 5.64. The third-order valence-electron chi connectivity index (χ3n) is 4.68. The lowest BCUT2D eigenvalue weighted by Gasteiger charge is -2.26. The van der Waals surface area contributed by atoms with Crippen LogP contribution in [0.1, 0.15) is 104 Å². The summed E-state index contributed by atoms with van der Waals surface area (Å²) in [6.07, 6.45) is 16.4. The minimum absolute atomic E-state index is 0.291. The van der Waals surface area contributed by atoms with E-state index < -0.39 is 11.5 Å². The standard InChI is InChI=1S/C20H40O3/c1-5-6-7-8-9-10-11-12-13-14-15-16-17-18(19(21)23-4)20(2,3)22/h18,22H,5-17H2,1-4H3/t18-/m1/s1. The molecule has 0 fully saturated rings. The van der Waals surface area contributed by atoms with Crippen molar-refractivity contribution >= 4 is 5.97 Å². The Bertz CT molecular complexity index is 281. The van der Waals surface area contributed by atoms with Gasteiger partial charge in [-0.2, -0.15) is 0 Å². The molecule has 0 amide bonds. The molecule has 3 heteroatoms. The Kier molecular flexibility index (Phi) is 13.5. The molecular formula is C20H40O3. The summed E-state index contributed by atoms with van der Waals surface area (Å²) in [7, 11) is 1.39. The highest BCUT2D eigenvalue weighted by Crippen LogP contribution is 2.24. The first kappa shape index (κ1) is 22.4. The maximum absolute atomic E-state index is 11.7. The highest BCUT2D eigenvalue weighted by atomic mass is 16.5. The fourth-order valence-electron chi connectivity index (χ4n) is 3.09. The van der Waals surface area contributed by atoms with Gasteiger partial charge in [-0.15, -0.1) is 0 Å². The molecule has 0 heterocycles. The summed E-state index contributed by atoms with van der Waals surface area (Å²) < 4.78 is 4.80. The van der Waals surface area contributed by atoms with Crippen LogP contribution >= 0.6 is 0 Å². The Morgan fingerprint density at radius 2 is 1.26 bits per heavy atom. The van der Waals surface area contributed by atoms with E-state index in [9.17, 15) is 9.90 Å². The van der Waals surface area contributed by atoms with Crippen LogP contribution in [0.4, 0.5) is 0 Å². The molecule has 0 rings (SSSR count). The van der Waals surface area contributed by atoms with Crippen LogP contribution in [0.2, 0.25) is 0 Å². The topological polar surface area (TPSA) is 46.5 Å². The van der Waals surface area contributed by atoms with Gasteiger partial charge in [-0.3, -0.25) is 4.79 Å². The van der Waals surface area contributed by atoms with Gasteiger partial charge in [-0.1, -0.05) is 84.0 Å². The Balaban J connectivity index is 3.52. The second-order valence-electron chi connectivity index (χ2n) is 7.41. The molecule has 138 valence electrons. The van der Waals surface area contributed by atoms with Crippen LogP contribution in [-0.4, -0.2) is 23.8 Å². The molecule has 0 unspecified atom stereocenters. The minimum Gasteiger partial charge on any atom is -0.469 e. The molecule has 0 aliphatic heterocycles. The molecule has 0 saturated carbocycles. The van der Waals surface area contributed by atoms with E-state index in [1.165, 1.54) is 71.3 Å². The lowest BCUT2D eigenvalue weighted by atomic mass is 9.86. The zero-order valence-electron chi connectivity index (χ0n) is 16.0. The molecule has 3 nitrogen and oxygen atoms in total. The third kappa shape index (κ3) is 12.5. The van der Waals surface area contributed by atoms with Gasteiger partial charge in [-0.25, -0.2) is 0 Å². The fraction of sp³-hybridized carbons (Fsp3) is 0.950. The van der Waals surface area contributed by atoms with Crippen LogP contribution in [0.3, 0.4) is 0 Å². The zero-order chi connectivity index (χ0) is 17.6. The lowest BCUT2D eigenvalue weighted by Crippen LogP contribution is -2.37. The van der Waals surface area contributed by atoms with Gasteiger partial charge in [0, 0.05) is 0 Å². The van der Waals surface area contributed by atoms with Crippen molar-refractivity contribution in [2.24, 2.45) is 5.92 Å². The Labute approximate surface area is 144 Å². The van der Waals surface area contributed by atoms with Gasteiger partial charge in [-0.05, 0) is 20.3 Å². The Morgan fingerprint density at radius 3 is 1.61 bits per heavy atom. The number of carbonyl (C=O) groups excluding carboxylic acids is 1. The normalized spacial score (nSPS) is 13.1. The monoisotopic (exact) mass is 328 g/mol. The van der Waals surface area contributed by atoms with E-state index in [2.05, 4.69) is 6.92 Å². The summed E-state index contributed by atoms with van der Waals surface area (Å²) in [4.78, 5) is 11.7. The summed E-state index contributed by atoms with van der Waals surface area (Å²) in [6, 6.07) is 0. The molecule has 1 N–H and O–H groups in total. The number of hydrogen-bond donors (Lipinski definition) is 1. The first-order chi connectivity index (χ1) is 10.9. The van der Waals surface area contributed by atoms with Crippen molar-refractivity contribution < 1.29 is 14.6 Å². The molecule has 23 heavy (non-hydrogen) atoms. The SMILES string of the molecule is CCCCCCCCCCCCCC[C@H](C(=O)OC)C(C)(C)O. The number of carbonyl (C=O) groups is 1. The van der Waals surface area contributed by atoms with Crippen molar-refractivity contribution in [2.75, 3.05) is 7.11 Å². The van der Waals surface area contributed by atoms with E-state index in [4.69, 9.17) is 4.74 Å². The maximum Gasteiger partial charge on any atom is 0.311 e. The molecule has 0 aromatic rings. The summed E-state index contributed by atoms with van der Waals surface area (Å²) in [6.45, 7) is 5.64. The average molecular weight is 329 g/mol. The second-order valence-corrected chi connectivity index (χ2v) is 7.41. The van der Waals surface area contributed by atoms with E-state index in [1.54, 1.807) is 13.8 Å². The van der Waals surface area contributed by atoms with Crippen molar-refractivity contribution in [3.8, 4) is 0 Å². The summed E-state index contributed by atoms with van der Waals surface area (Å²) in [5, 5.41) is 10.1. The van der Waals surface area contributed by atoms with Gasteiger partial charge in [0.25, 0.3) is 0 Å². The number of unbranched alkanes of at least 4 members (excludes halogenated alkanes) is 11. The van der Waals surface area contributed by atoms with Crippen LogP contribution < -0.4 is 0 Å². The van der Waals surface area contributed by atoms with Crippen LogP contribution in [0.5, 0.6) is 0 Å². The number of aliphatic hydroxyl groups is 1. The van der Waals surface area contributed by atoms with Crippen molar-refractivity contribution in [3.05, 3.63) is 0 Å². The molecule has 0 aliphatic rings. The molecule has 0 spiro atoms. The molecule has 0 aromatic carbocycles. The summed E-state index contributed by atoms with van der Waals surface area (Å²) in [5.74, 6) is -0.698. The van der Waals surface area contributed by atoms with Crippen LogP contribution in [-0.2, 0) is 9.53 Å². The molecule has 1 atom stereocenters. The van der Waals surface area contributed by atoms with E-state index in [-0.39, 0.29) is 5.97 Å². The van der Waals surface area contributed by atoms with Gasteiger partial charge in [0.1, 0.15) is 0 Å².